The lowest BCUT2D eigenvalue weighted by Crippen LogP contribution is -2.04. The third-order valence-electron chi connectivity index (χ3n) is 3.35. The summed E-state index contributed by atoms with van der Waals surface area (Å²) in [6.45, 7) is 0.625. The van der Waals surface area contributed by atoms with Crippen LogP contribution in [-0.2, 0) is 0 Å². The quantitative estimate of drug-likeness (QED) is 0.750. The first-order chi connectivity index (χ1) is 9.31. The van der Waals surface area contributed by atoms with E-state index in [4.69, 9.17) is 4.74 Å². The second-order valence-electron chi connectivity index (χ2n) is 4.55. The number of imidazole rings is 1. The molecule has 1 aliphatic heterocycles. The number of para-hydroxylation sites is 1. The lowest BCUT2D eigenvalue weighted by molar-refractivity contribution is 0.340. The summed E-state index contributed by atoms with van der Waals surface area (Å²) < 4.78 is 6.64. The van der Waals surface area contributed by atoms with E-state index in [1.165, 1.54) is 5.56 Å². The van der Waals surface area contributed by atoms with Gasteiger partial charge in [0.1, 0.15) is 18.2 Å². The van der Waals surface area contributed by atoms with Crippen molar-refractivity contribution < 1.29 is 4.74 Å². The van der Waals surface area contributed by atoms with Crippen LogP contribution in [0.4, 0.5) is 0 Å². The molecule has 2 aromatic heterocycles. The molecule has 0 aliphatic carbocycles. The van der Waals surface area contributed by atoms with Crippen molar-refractivity contribution in [3.8, 4) is 5.75 Å². The number of benzene rings is 1. The second-order valence-corrected chi connectivity index (χ2v) is 5.46. The maximum Gasteiger partial charge on any atom is 0.177 e. The molecular weight excluding hydrogens is 306 g/mol. The molecule has 5 heteroatoms. The summed E-state index contributed by atoms with van der Waals surface area (Å²) in [5.74, 6) is 2.01. The highest BCUT2D eigenvalue weighted by atomic mass is 79.9. The molecule has 0 radical (unpaired) electrons. The average Bonchev–Trinajstić information content (AvgIpc) is 3.00. The van der Waals surface area contributed by atoms with Crippen molar-refractivity contribution in [2.24, 2.45) is 0 Å². The van der Waals surface area contributed by atoms with Gasteiger partial charge in [-0.1, -0.05) is 18.2 Å². The molecule has 94 valence electrons. The highest BCUT2D eigenvalue weighted by Gasteiger charge is 2.27. The van der Waals surface area contributed by atoms with Gasteiger partial charge in [-0.2, -0.15) is 0 Å². The molecular formula is C14H10BrN3O. The van der Waals surface area contributed by atoms with Gasteiger partial charge in [0.15, 0.2) is 5.65 Å². The van der Waals surface area contributed by atoms with Crippen molar-refractivity contribution in [1.82, 2.24) is 15.0 Å². The Kier molecular flexibility index (Phi) is 2.35. The number of H-pyrrole nitrogens is 1. The maximum atomic E-state index is 5.70. The smallest absolute Gasteiger partial charge is 0.177 e. The Morgan fingerprint density at radius 2 is 2.21 bits per heavy atom. The van der Waals surface area contributed by atoms with E-state index in [0.717, 1.165) is 27.2 Å². The number of halogens is 1. The van der Waals surface area contributed by atoms with Crippen molar-refractivity contribution in [3.05, 3.63) is 52.4 Å². The first-order valence-electron chi connectivity index (χ1n) is 6.04. The van der Waals surface area contributed by atoms with Gasteiger partial charge in [0.25, 0.3) is 0 Å². The molecule has 0 bridgehead atoms. The fourth-order valence-corrected chi connectivity index (χ4v) is 2.78. The van der Waals surface area contributed by atoms with E-state index in [9.17, 15) is 0 Å². The third kappa shape index (κ3) is 1.73. The molecule has 4 nitrogen and oxygen atoms in total. The molecule has 3 aromatic rings. The van der Waals surface area contributed by atoms with Gasteiger partial charge in [0.05, 0.1) is 11.4 Å². The van der Waals surface area contributed by atoms with Crippen molar-refractivity contribution in [1.29, 1.82) is 0 Å². The number of ether oxygens (including phenoxy) is 1. The fraction of sp³-hybridized carbons (Fsp3) is 0.143. The van der Waals surface area contributed by atoms with Crippen LogP contribution in [0.3, 0.4) is 0 Å². The molecule has 0 spiro atoms. The molecule has 3 heterocycles. The highest BCUT2D eigenvalue weighted by molar-refractivity contribution is 9.10. The molecule has 0 fully saturated rings. The lowest BCUT2D eigenvalue weighted by Gasteiger charge is -2.03. The predicted octanol–water partition coefficient (Wildman–Crippen LogP) is 3.24. The van der Waals surface area contributed by atoms with Gasteiger partial charge in [0, 0.05) is 16.2 Å². The summed E-state index contributed by atoms with van der Waals surface area (Å²) in [4.78, 5) is 12.2. The summed E-state index contributed by atoms with van der Waals surface area (Å²) >= 11 is 3.42. The Morgan fingerprint density at radius 3 is 3.16 bits per heavy atom. The van der Waals surface area contributed by atoms with Crippen molar-refractivity contribution >= 4 is 27.1 Å². The number of pyridine rings is 1. The molecule has 1 unspecified atom stereocenters. The molecule has 19 heavy (non-hydrogen) atoms. The van der Waals surface area contributed by atoms with Crippen molar-refractivity contribution in [2.75, 3.05) is 6.61 Å². The van der Waals surface area contributed by atoms with Gasteiger partial charge in [0.2, 0.25) is 0 Å². The van der Waals surface area contributed by atoms with Gasteiger partial charge in [-0.05, 0) is 28.1 Å². The zero-order valence-electron chi connectivity index (χ0n) is 9.93. The minimum atomic E-state index is 0.157. The fourth-order valence-electron chi connectivity index (χ4n) is 2.45. The SMILES string of the molecule is Brc1cnc2nc(C3COc4ccccc43)[nH]c2c1. The van der Waals surface area contributed by atoms with Crippen LogP contribution < -0.4 is 4.74 Å². The summed E-state index contributed by atoms with van der Waals surface area (Å²) in [6.07, 6.45) is 1.76. The largest absolute Gasteiger partial charge is 0.492 e. The van der Waals surface area contributed by atoms with Crippen LogP contribution in [0.5, 0.6) is 5.75 Å². The van der Waals surface area contributed by atoms with Crippen molar-refractivity contribution in [2.45, 2.75) is 5.92 Å². The molecule has 0 amide bonds. The standard InChI is InChI=1S/C14H10BrN3O/c15-8-5-11-14(16-6-8)18-13(17-11)10-7-19-12-4-2-1-3-9(10)12/h1-6,10H,7H2,(H,16,17,18). The number of hydrogen-bond acceptors (Lipinski definition) is 3. The Balaban J connectivity index is 1.83. The Labute approximate surface area is 118 Å². The Bertz CT molecular complexity index is 768. The minimum absolute atomic E-state index is 0.157. The number of nitrogens with zero attached hydrogens (tertiary/aromatic N) is 2. The van der Waals surface area contributed by atoms with Gasteiger partial charge in [-0.15, -0.1) is 0 Å². The van der Waals surface area contributed by atoms with Crippen LogP contribution in [0.2, 0.25) is 0 Å². The average molecular weight is 316 g/mol. The van der Waals surface area contributed by atoms with Gasteiger partial charge < -0.3 is 9.72 Å². The third-order valence-corrected chi connectivity index (χ3v) is 3.79. The van der Waals surface area contributed by atoms with Gasteiger partial charge in [-0.25, -0.2) is 9.97 Å². The first-order valence-corrected chi connectivity index (χ1v) is 6.83. The Morgan fingerprint density at radius 1 is 1.32 bits per heavy atom. The molecule has 1 N–H and O–H groups in total. The van der Waals surface area contributed by atoms with E-state index >= 15 is 0 Å². The molecule has 0 saturated heterocycles. The van der Waals surface area contributed by atoms with E-state index in [1.54, 1.807) is 6.20 Å². The summed E-state index contributed by atoms with van der Waals surface area (Å²) in [6, 6.07) is 10.1. The van der Waals surface area contributed by atoms with Crippen LogP contribution in [0.1, 0.15) is 17.3 Å². The highest BCUT2D eigenvalue weighted by Crippen LogP contribution is 2.37. The number of nitrogens with one attached hydrogen (secondary N) is 1. The lowest BCUT2D eigenvalue weighted by atomic mass is 10.0. The van der Waals surface area contributed by atoms with E-state index in [1.807, 2.05) is 24.3 Å². The number of aromatic nitrogens is 3. The second kappa shape index (κ2) is 4.06. The van der Waals surface area contributed by atoms with E-state index in [0.29, 0.717) is 6.61 Å². The number of fused-ring (bicyclic) bond motifs is 2. The van der Waals surface area contributed by atoms with E-state index < -0.39 is 0 Å². The summed E-state index contributed by atoms with van der Waals surface area (Å²) in [7, 11) is 0. The summed E-state index contributed by atoms with van der Waals surface area (Å²) in [5.41, 5.74) is 2.86. The van der Waals surface area contributed by atoms with Gasteiger partial charge in [-0.3, -0.25) is 0 Å². The van der Waals surface area contributed by atoms with Crippen LogP contribution >= 0.6 is 15.9 Å². The number of rotatable bonds is 1. The maximum absolute atomic E-state index is 5.70. The van der Waals surface area contributed by atoms with Crippen molar-refractivity contribution in [3.63, 3.8) is 0 Å². The van der Waals surface area contributed by atoms with E-state index in [-0.39, 0.29) is 5.92 Å². The monoisotopic (exact) mass is 315 g/mol. The molecule has 0 saturated carbocycles. The molecule has 1 atom stereocenters. The van der Waals surface area contributed by atoms with Crippen LogP contribution in [0, 0.1) is 0 Å². The first kappa shape index (κ1) is 11.0. The number of hydrogen-bond donors (Lipinski definition) is 1. The molecule has 4 rings (SSSR count). The number of aromatic amines is 1. The zero-order chi connectivity index (χ0) is 12.8. The topological polar surface area (TPSA) is 50.8 Å². The van der Waals surface area contributed by atoms with Crippen LogP contribution in [0.25, 0.3) is 11.2 Å². The summed E-state index contributed by atoms with van der Waals surface area (Å²) in [5, 5.41) is 0. The molecule has 1 aliphatic rings. The molecule has 1 aromatic carbocycles. The van der Waals surface area contributed by atoms with Crippen LogP contribution in [0.15, 0.2) is 41.0 Å². The van der Waals surface area contributed by atoms with Gasteiger partial charge >= 0.3 is 0 Å². The normalized spacial score (nSPS) is 17.4. The predicted molar refractivity (Wildman–Crippen MR) is 75.4 cm³/mol. The zero-order valence-corrected chi connectivity index (χ0v) is 11.5. The Hall–Kier alpha value is -1.88. The van der Waals surface area contributed by atoms with E-state index in [2.05, 4.69) is 36.9 Å². The minimum Gasteiger partial charge on any atom is -0.492 e. The van der Waals surface area contributed by atoms with Crippen LogP contribution in [-0.4, -0.2) is 21.6 Å².